The molecule has 0 radical (unpaired) electrons. The Labute approximate surface area is 179 Å². The molecule has 1 fully saturated rings. The quantitative estimate of drug-likeness (QED) is 0.575. The number of aromatic hydroxyl groups is 1. The molecule has 3 aromatic carbocycles. The normalized spacial score (nSPS) is 21.6. The number of phenols is 1. The molecule has 0 unspecified atom stereocenters. The number of rotatable bonds is 5. The van der Waals surface area contributed by atoms with Crippen molar-refractivity contribution in [2.45, 2.75) is 37.1 Å². The number of ether oxygens (including phenoxy) is 1. The van der Waals surface area contributed by atoms with Gasteiger partial charge in [-0.2, -0.15) is 0 Å². The van der Waals surface area contributed by atoms with Gasteiger partial charge in [0.25, 0.3) is 0 Å². The summed E-state index contributed by atoms with van der Waals surface area (Å²) in [5.74, 6) is -3.15. The van der Waals surface area contributed by atoms with E-state index in [1.807, 2.05) is 36.4 Å². The summed E-state index contributed by atoms with van der Waals surface area (Å²) in [5.41, 5.74) is -0.622. The highest BCUT2D eigenvalue weighted by molar-refractivity contribution is 7.79. The van der Waals surface area contributed by atoms with Crippen molar-refractivity contribution < 1.29 is 28.3 Å². The van der Waals surface area contributed by atoms with E-state index < -0.39 is 42.4 Å². The maximum absolute atomic E-state index is 14.6. The molecule has 0 aliphatic heterocycles. The van der Waals surface area contributed by atoms with Gasteiger partial charge in [0.2, 0.25) is 0 Å². The molecule has 2 N–H and O–H groups in total. The van der Waals surface area contributed by atoms with Gasteiger partial charge < -0.3 is 19.5 Å². The first-order valence-electron chi connectivity index (χ1n) is 10.1. The van der Waals surface area contributed by atoms with Crippen molar-refractivity contribution in [3.63, 3.8) is 0 Å². The van der Waals surface area contributed by atoms with Crippen LogP contribution in [0.25, 0.3) is 0 Å². The van der Waals surface area contributed by atoms with Crippen LogP contribution < -0.4 is 15.3 Å². The maximum Gasteiger partial charge on any atom is 0.164 e. The van der Waals surface area contributed by atoms with Crippen molar-refractivity contribution in [3.8, 4) is 11.5 Å². The highest BCUT2D eigenvalue weighted by Crippen LogP contribution is 2.54. The number of halogens is 2. The summed E-state index contributed by atoms with van der Waals surface area (Å²) >= 11 is 0. The lowest BCUT2D eigenvalue weighted by Gasteiger charge is -2.39. The fraction of sp³-hybridized carbons (Fsp3) is 0.250. The van der Waals surface area contributed by atoms with E-state index in [9.17, 15) is 23.6 Å². The second-order valence-corrected chi connectivity index (χ2v) is 10.7. The van der Waals surface area contributed by atoms with E-state index in [2.05, 4.69) is 0 Å². The van der Waals surface area contributed by atoms with Gasteiger partial charge in [0.1, 0.15) is 19.3 Å². The average Bonchev–Trinajstić information content (AvgIpc) is 2.79. The predicted molar refractivity (Wildman–Crippen MR) is 116 cm³/mol. The molecular weight excluding hydrogens is 421 g/mol. The third-order valence-electron chi connectivity index (χ3n) is 5.79. The standard InChI is InChI=1S/C24H23F2O4P/c25-18-14-20(27)22(15-19(18)26)30-21-12-7-13-23(24(21)28)31(29,16-8-3-1-4-9-16)17-10-5-2-6-11-17/h1-6,8-11,14-15,21,23-24,27-28H,7,12-13H2/t21-,23+,24+/m1/s1. The van der Waals surface area contributed by atoms with Crippen LogP contribution in [0.3, 0.4) is 0 Å². The molecule has 0 bridgehead atoms. The van der Waals surface area contributed by atoms with Gasteiger partial charge in [-0.05, 0) is 19.3 Å². The fourth-order valence-corrected chi connectivity index (χ4v) is 7.71. The second kappa shape index (κ2) is 8.81. The SMILES string of the molecule is O=P(c1ccccc1)(c1ccccc1)[C@H]1CCC[C@@H](Oc2cc(F)c(F)cc2O)[C@@H]1O. The minimum atomic E-state index is -3.25. The molecule has 7 heteroatoms. The molecule has 3 aromatic rings. The zero-order chi connectivity index (χ0) is 22.0. The molecule has 1 saturated carbocycles. The summed E-state index contributed by atoms with van der Waals surface area (Å²) in [6, 6.07) is 19.5. The average molecular weight is 444 g/mol. The molecule has 3 atom stereocenters. The lowest BCUT2D eigenvalue weighted by molar-refractivity contribution is 0.00808. The number of benzene rings is 3. The zero-order valence-corrected chi connectivity index (χ0v) is 17.6. The van der Waals surface area contributed by atoms with Gasteiger partial charge in [-0.15, -0.1) is 0 Å². The Hall–Kier alpha value is -2.69. The monoisotopic (exact) mass is 444 g/mol. The zero-order valence-electron chi connectivity index (χ0n) is 16.7. The van der Waals surface area contributed by atoms with Gasteiger partial charge in [-0.3, -0.25) is 0 Å². The molecule has 1 aliphatic carbocycles. The number of aliphatic hydroxyl groups is 1. The lowest BCUT2D eigenvalue weighted by atomic mass is 9.94. The third-order valence-corrected chi connectivity index (χ3v) is 9.42. The summed E-state index contributed by atoms with van der Waals surface area (Å²) < 4.78 is 47.3. The van der Waals surface area contributed by atoms with Crippen LogP contribution in [-0.2, 0) is 4.57 Å². The minimum absolute atomic E-state index is 0.252. The van der Waals surface area contributed by atoms with Crippen LogP contribution in [0.4, 0.5) is 8.78 Å². The predicted octanol–water partition coefficient (Wildman–Crippen LogP) is 4.35. The van der Waals surface area contributed by atoms with Gasteiger partial charge in [-0.25, -0.2) is 8.78 Å². The second-order valence-electron chi connectivity index (χ2n) is 7.71. The Morgan fingerprint density at radius 3 is 2.00 bits per heavy atom. The van der Waals surface area contributed by atoms with Gasteiger partial charge >= 0.3 is 0 Å². The van der Waals surface area contributed by atoms with E-state index in [0.717, 1.165) is 6.07 Å². The Morgan fingerprint density at radius 2 is 1.42 bits per heavy atom. The topological polar surface area (TPSA) is 66.8 Å². The van der Waals surface area contributed by atoms with Crippen molar-refractivity contribution in [1.82, 2.24) is 0 Å². The number of aliphatic hydroxyl groups excluding tert-OH is 1. The van der Waals surface area contributed by atoms with Gasteiger partial charge in [0, 0.05) is 28.4 Å². The molecule has 0 saturated heterocycles. The molecule has 31 heavy (non-hydrogen) atoms. The first-order valence-corrected chi connectivity index (χ1v) is 11.9. The summed E-state index contributed by atoms with van der Waals surface area (Å²) in [5, 5.41) is 22.4. The summed E-state index contributed by atoms with van der Waals surface area (Å²) in [4.78, 5) is 0. The Morgan fingerprint density at radius 1 is 0.871 bits per heavy atom. The summed E-state index contributed by atoms with van der Waals surface area (Å²) in [6.45, 7) is 0. The van der Waals surface area contributed by atoms with E-state index in [0.29, 0.717) is 35.9 Å². The van der Waals surface area contributed by atoms with Gasteiger partial charge in [0.05, 0.1) is 0 Å². The third kappa shape index (κ3) is 4.10. The lowest BCUT2D eigenvalue weighted by Crippen LogP contribution is -2.47. The van der Waals surface area contributed by atoms with Crippen molar-refractivity contribution >= 4 is 17.8 Å². The fourth-order valence-electron chi connectivity index (χ4n) is 4.25. The van der Waals surface area contributed by atoms with Gasteiger partial charge in [-0.1, -0.05) is 60.7 Å². The molecule has 0 spiro atoms. The van der Waals surface area contributed by atoms with Crippen molar-refractivity contribution in [1.29, 1.82) is 0 Å². The van der Waals surface area contributed by atoms with Crippen LogP contribution >= 0.6 is 7.14 Å². The molecule has 1 aliphatic rings. The first-order chi connectivity index (χ1) is 14.9. The van der Waals surface area contributed by atoms with E-state index in [4.69, 9.17) is 4.74 Å². The molecule has 0 heterocycles. The molecule has 0 aromatic heterocycles. The van der Waals surface area contributed by atoms with E-state index in [-0.39, 0.29) is 5.75 Å². The molecule has 162 valence electrons. The number of phenolic OH excluding ortho intramolecular Hbond substituents is 1. The van der Waals surface area contributed by atoms with Crippen LogP contribution in [0.5, 0.6) is 11.5 Å². The van der Waals surface area contributed by atoms with E-state index in [1.54, 1.807) is 24.3 Å². The number of hydrogen-bond donors (Lipinski definition) is 2. The van der Waals surface area contributed by atoms with Crippen LogP contribution in [0.15, 0.2) is 72.8 Å². The van der Waals surface area contributed by atoms with Crippen molar-refractivity contribution in [2.75, 3.05) is 0 Å². The number of hydrogen-bond acceptors (Lipinski definition) is 4. The molecule has 0 amide bonds. The minimum Gasteiger partial charge on any atom is -0.504 e. The molecular formula is C24H23F2O4P. The summed E-state index contributed by atoms with van der Waals surface area (Å²) in [7, 11) is -3.25. The van der Waals surface area contributed by atoms with E-state index in [1.165, 1.54) is 0 Å². The van der Waals surface area contributed by atoms with Crippen LogP contribution in [0.2, 0.25) is 0 Å². The maximum atomic E-state index is 14.6. The van der Waals surface area contributed by atoms with E-state index >= 15 is 0 Å². The first kappa shape index (κ1) is 21.5. The highest BCUT2D eigenvalue weighted by Gasteiger charge is 2.46. The van der Waals surface area contributed by atoms with Crippen LogP contribution in [-0.4, -0.2) is 28.1 Å². The highest BCUT2D eigenvalue weighted by atomic mass is 31.2. The Kier molecular flexibility index (Phi) is 6.12. The van der Waals surface area contributed by atoms with Gasteiger partial charge in [0.15, 0.2) is 23.1 Å². The van der Waals surface area contributed by atoms with Crippen LogP contribution in [0.1, 0.15) is 19.3 Å². The summed E-state index contributed by atoms with van der Waals surface area (Å²) in [6.07, 6.45) is -0.380. The van der Waals surface area contributed by atoms with Crippen molar-refractivity contribution in [3.05, 3.63) is 84.4 Å². The van der Waals surface area contributed by atoms with Crippen molar-refractivity contribution in [2.24, 2.45) is 0 Å². The molecule has 4 rings (SSSR count). The Bertz CT molecular complexity index is 1050. The largest absolute Gasteiger partial charge is 0.504 e. The Balaban J connectivity index is 1.70. The smallest absolute Gasteiger partial charge is 0.164 e. The molecule has 4 nitrogen and oxygen atoms in total. The van der Waals surface area contributed by atoms with Crippen LogP contribution in [0, 0.1) is 11.6 Å².